The van der Waals surface area contributed by atoms with Crippen LogP contribution in [0.15, 0.2) is 0 Å². The number of carbonyl (C=O) groups excluding carboxylic acids is 1. The van der Waals surface area contributed by atoms with Crippen molar-refractivity contribution in [1.29, 1.82) is 0 Å². The maximum Gasteiger partial charge on any atom is 0.0458 e. The molecule has 0 aromatic heterocycles. The van der Waals surface area contributed by atoms with Crippen molar-refractivity contribution in [3.05, 3.63) is 0 Å². The SMILES string of the molecule is O=C([O-])C1CCN(CCCBr)C1. The Hall–Kier alpha value is -0.0900. The minimum atomic E-state index is -0.892. The zero-order valence-electron chi connectivity index (χ0n) is 6.96. The van der Waals surface area contributed by atoms with Gasteiger partial charge in [0, 0.05) is 23.8 Å². The van der Waals surface area contributed by atoms with E-state index in [9.17, 15) is 9.90 Å². The average molecular weight is 235 g/mol. The lowest BCUT2D eigenvalue weighted by Gasteiger charge is -2.15. The maximum absolute atomic E-state index is 10.5. The maximum atomic E-state index is 10.5. The summed E-state index contributed by atoms with van der Waals surface area (Å²) in [7, 11) is 0. The molecule has 1 unspecified atom stereocenters. The van der Waals surface area contributed by atoms with E-state index in [4.69, 9.17) is 0 Å². The molecule has 3 nitrogen and oxygen atoms in total. The van der Waals surface area contributed by atoms with Crippen LogP contribution >= 0.6 is 15.9 Å². The number of nitrogens with zero attached hydrogens (tertiary/aromatic N) is 1. The normalized spacial score (nSPS) is 24.6. The lowest BCUT2D eigenvalue weighted by Crippen LogP contribution is -2.33. The Morgan fingerprint density at radius 2 is 2.42 bits per heavy atom. The van der Waals surface area contributed by atoms with E-state index >= 15 is 0 Å². The number of hydrogen-bond donors (Lipinski definition) is 0. The molecule has 4 heteroatoms. The first-order chi connectivity index (χ1) is 5.74. The molecular formula is C8H13BrNO2-. The second-order valence-electron chi connectivity index (χ2n) is 3.15. The number of alkyl halides is 1. The van der Waals surface area contributed by atoms with E-state index in [-0.39, 0.29) is 5.92 Å². The third kappa shape index (κ3) is 2.75. The van der Waals surface area contributed by atoms with E-state index in [1.165, 1.54) is 0 Å². The average Bonchev–Trinajstić information content (AvgIpc) is 2.48. The molecule has 0 spiro atoms. The van der Waals surface area contributed by atoms with Crippen LogP contribution in [0.4, 0.5) is 0 Å². The Labute approximate surface area is 80.9 Å². The summed E-state index contributed by atoms with van der Waals surface area (Å²) >= 11 is 3.35. The van der Waals surface area contributed by atoms with E-state index in [2.05, 4.69) is 20.8 Å². The predicted molar refractivity (Wildman–Crippen MR) is 48.0 cm³/mol. The molecule has 0 bridgehead atoms. The first-order valence-electron chi connectivity index (χ1n) is 4.23. The molecule has 0 amide bonds. The van der Waals surface area contributed by atoms with Crippen LogP contribution in [-0.4, -0.2) is 35.8 Å². The first kappa shape index (κ1) is 9.99. The number of carboxylic acids is 1. The molecular weight excluding hydrogens is 222 g/mol. The van der Waals surface area contributed by atoms with Crippen molar-refractivity contribution < 1.29 is 9.90 Å². The Morgan fingerprint density at radius 3 is 2.92 bits per heavy atom. The second kappa shape index (κ2) is 4.82. The molecule has 1 aliphatic heterocycles. The van der Waals surface area contributed by atoms with Gasteiger partial charge in [0.15, 0.2) is 0 Å². The fourth-order valence-electron chi connectivity index (χ4n) is 1.51. The van der Waals surface area contributed by atoms with E-state index in [1.807, 2.05) is 0 Å². The molecule has 12 heavy (non-hydrogen) atoms. The summed E-state index contributed by atoms with van der Waals surface area (Å²) in [5, 5.41) is 11.5. The summed E-state index contributed by atoms with van der Waals surface area (Å²) in [6.07, 6.45) is 1.84. The monoisotopic (exact) mass is 234 g/mol. The highest BCUT2D eigenvalue weighted by Gasteiger charge is 2.22. The molecule has 1 fully saturated rings. The fraction of sp³-hybridized carbons (Fsp3) is 0.875. The number of carbonyl (C=O) groups is 1. The highest BCUT2D eigenvalue weighted by molar-refractivity contribution is 9.09. The van der Waals surface area contributed by atoms with Crippen LogP contribution in [0.5, 0.6) is 0 Å². The van der Waals surface area contributed by atoms with Crippen molar-refractivity contribution >= 4 is 21.9 Å². The Morgan fingerprint density at radius 1 is 1.67 bits per heavy atom. The summed E-state index contributed by atoms with van der Waals surface area (Å²) in [4.78, 5) is 12.7. The minimum absolute atomic E-state index is 0.236. The largest absolute Gasteiger partial charge is 0.550 e. The van der Waals surface area contributed by atoms with Crippen LogP contribution in [0.2, 0.25) is 0 Å². The van der Waals surface area contributed by atoms with Gasteiger partial charge < -0.3 is 14.8 Å². The first-order valence-corrected chi connectivity index (χ1v) is 5.35. The molecule has 1 rings (SSSR count). The van der Waals surface area contributed by atoms with Gasteiger partial charge in [0.2, 0.25) is 0 Å². The van der Waals surface area contributed by atoms with E-state index in [1.54, 1.807) is 0 Å². The van der Waals surface area contributed by atoms with Crippen LogP contribution in [-0.2, 0) is 4.79 Å². The van der Waals surface area contributed by atoms with Gasteiger partial charge in [0.05, 0.1) is 0 Å². The lowest BCUT2D eigenvalue weighted by atomic mass is 10.1. The topological polar surface area (TPSA) is 43.4 Å². The van der Waals surface area contributed by atoms with Gasteiger partial charge in [0.25, 0.3) is 0 Å². The van der Waals surface area contributed by atoms with Gasteiger partial charge in [-0.3, -0.25) is 0 Å². The van der Waals surface area contributed by atoms with Gasteiger partial charge in [-0.25, -0.2) is 0 Å². The molecule has 1 aliphatic rings. The number of rotatable bonds is 4. The standard InChI is InChI=1S/C8H14BrNO2/c9-3-1-4-10-5-2-7(6-10)8(11)12/h7H,1-6H2,(H,11,12)/p-1. The minimum Gasteiger partial charge on any atom is -0.550 e. The highest BCUT2D eigenvalue weighted by Crippen LogP contribution is 2.15. The predicted octanol–water partition coefficient (Wildman–Crippen LogP) is -0.157. The molecule has 70 valence electrons. The number of hydrogen-bond acceptors (Lipinski definition) is 3. The summed E-state index contributed by atoms with van der Waals surface area (Å²) in [5.74, 6) is -1.13. The van der Waals surface area contributed by atoms with Crippen LogP contribution < -0.4 is 5.11 Å². The summed E-state index contributed by atoms with van der Waals surface area (Å²) in [6.45, 7) is 2.58. The molecule has 0 aromatic rings. The van der Waals surface area contributed by atoms with Crippen LogP contribution in [0.25, 0.3) is 0 Å². The summed E-state index contributed by atoms with van der Waals surface area (Å²) < 4.78 is 0. The zero-order chi connectivity index (χ0) is 8.97. The van der Waals surface area contributed by atoms with Gasteiger partial charge in [-0.2, -0.15) is 0 Å². The molecule has 1 heterocycles. The molecule has 0 aliphatic carbocycles. The van der Waals surface area contributed by atoms with Gasteiger partial charge in [-0.15, -0.1) is 0 Å². The Kier molecular flexibility index (Phi) is 4.01. The molecule has 0 saturated carbocycles. The highest BCUT2D eigenvalue weighted by atomic mass is 79.9. The second-order valence-corrected chi connectivity index (χ2v) is 3.94. The van der Waals surface area contributed by atoms with Crippen LogP contribution in [0.1, 0.15) is 12.8 Å². The van der Waals surface area contributed by atoms with E-state index < -0.39 is 5.97 Å². The fourth-order valence-corrected chi connectivity index (χ4v) is 1.76. The van der Waals surface area contributed by atoms with Crippen molar-refractivity contribution in [3.63, 3.8) is 0 Å². The number of likely N-dealkylation sites (tertiary alicyclic amines) is 1. The van der Waals surface area contributed by atoms with Crippen molar-refractivity contribution in [1.82, 2.24) is 4.90 Å². The molecule has 1 saturated heterocycles. The Bertz CT molecular complexity index is 163. The van der Waals surface area contributed by atoms with Crippen molar-refractivity contribution in [2.45, 2.75) is 12.8 Å². The van der Waals surface area contributed by atoms with E-state index in [0.717, 1.165) is 31.3 Å². The molecule has 1 atom stereocenters. The van der Waals surface area contributed by atoms with Gasteiger partial charge in [0.1, 0.15) is 0 Å². The van der Waals surface area contributed by atoms with Crippen molar-refractivity contribution in [2.24, 2.45) is 5.92 Å². The summed E-state index contributed by atoms with van der Waals surface area (Å²) in [6, 6.07) is 0. The molecule has 0 aromatic carbocycles. The smallest absolute Gasteiger partial charge is 0.0458 e. The van der Waals surface area contributed by atoms with Crippen molar-refractivity contribution in [2.75, 3.05) is 25.0 Å². The third-order valence-electron chi connectivity index (χ3n) is 2.21. The van der Waals surface area contributed by atoms with Gasteiger partial charge in [-0.05, 0) is 25.9 Å². The van der Waals surface area contributed by atoms with Gasteiger partial charge in [-0.1, -0.05) is 15.9 Å². The number of aliphatic carboxylic acids is 1. The van der Waals surface area contributed by atoms with Gasteiger partial charge >= 0.3 is 0 Å². The van der Waals surface area contributed by atoms with Crippen LogP contribution in [0.3, 0.4) is 0 Å². The number of halogens is 1. The lowest BCUT2D eigenvalue weighted by molar-refractivity contribution is -0.311. The Balaban J connectivity index is 2.21. The third-order valence-corrected chi connectivity index (χ3v) is 2.77. The zero-order valence-corrected chi connectivity index (χ0v) is 8.55. The molecule has 0 radical (unpaired) electrons. The number of carboxylic acid groups (broad SMARTS) is 1. The quantitative estimate of drug-likeness (QED) is 0.636. The van der Waals surface area contributed by atoms with Crippen molar-refractivity contribution in [3.8, 4) is 0 Å². The van der Waals surface area contributed by atoms with Crippen LogP contribution in [0, 0.1) is 5.92 Å². The summed E-state index contributed by atoms with van der Waals surface area (Å²) in [5.41, 5.74) is 0. The van der Waals surface area contributed by atoms with E-state index in [0.29, 0.717) is 6.54 Å². The molecule has 0 N–H and O–H groups in total.